The zero-order valence-corrected chi connectivity index (χ0v) is 18.9. The third-order valence-corrected chi connectivity index (χ3v) is 6.01. The molecule has 6 N–H and O–H groups in total. The van der Waals surface area contributed by atoms with Gasteiger partial charge in [-0.1, -0.05) is 102 Å². The van der Waals surface area contributed by atoms with Crippen LogP contribution in [0.2, 0.25) is 0 Å². The second-order valence-corrected chi connectivity index (χ2v) is 8.71. The lowest BCUT2D eigenvalue weighted by Crippen LogP contribution is -2.50. The van der Waals surface area contributed by atoms with Gasteiger partial charge < -0.3 is 26.2 Å². The minimum Gasteiger partial charge on any atom is -0.508 e. The molecule has 1 aromatic carbocycles. The smallest absolute Gasteiger partial charge is 0.118 e. The van der Waals surface area contributed by atoms with Crippen LogP contribution in [0.5, 0.6) is 5.75 Å². The maximum atomic E-state index is 10.3. The monoisotopic (exact) mass is 423 g/mol. The molecular formula is C25H45NO4. The van der Waals surface area contributed by atoms with Crippen LogP contribution >= 0.6 is 0 Å². The number of unbranched alkanes of at least 4 members (excludes halogenated alkanes) is 11. The summed E-state index contributed by atoms with van der Waals surface area (Å²) in [5.41, 5.74) is 6.53. The number of rotatable bonds is 18. The highest BCUT2D eigenvalue weighted by Crippen LogP contribution is 2.20. The van der Waals surface area contributed by atoms with Gasteiger partial charge in [-0.2, -0.15) is 0 Å². The average molecular weight is 424 g/mol. The fourth-order valence-corrected chi connectivity index (χ4v) is 3.89. The fraction of sp³-hybridized carbons (Fsp3) is 0.760. The van der Waals surface area contributed by atoms with Gasteiger partial charge in [0.25, 0.3) is 0 Å². The highest BCUT2D eigenvalue weighted by Gasteiger charge is 2.29. The quantitative estimate of drug-likeness (QED) is 0.224. The van der Waals surface area contributed by atoms with Crippen LogP contribution in [0, 0.1) is 0 Å². The summed E-state index contributed by atoms with van der Waals surface area (Å²) in [6.07, 6.45) is 12.4. The van der Waals surface area contributed by atoms with Gasteiger partial charge in [-0.15, -0.1) is 0 Å². The van der Waals surface area contributed by atoms with Gasteiger partial charge in [-0.05, 0) is 18.1 Å². The first kappa shape index (κ1) is 26.9. The normalized spacial score (nSPS) is 15.6. The van der Waals surface area contributed by atoms with Gasteiger partial charge in [0, 0.05) is 6.42 Å². The van der Waals surface area contributed by atoms with Crippen LogP contribution in [0.1, 0.15) is 96.0 Å². The molecule has 0 fully saturated rings. The summed E-state index contributed by atoms with van der Waals surface area (Å²) in [7, 11) is 0. The van der Waals surface area contributed by atoms with Crippen molar-refractivity contribution in [2.24, 2.45) is 5.73 Å². The summed E-state index contributed by atoms with van der Waals surface area (Å²) in [6.45, 7) is 2.25. The second-order valence-electron chi connectivity index (χ2n) is 8.71. The lowest BCUT2D eigenvalue weighted by atomic mass is 9.93. The number of aliphatic hydroxyl groups excluding tert-OH is 3. The van der Waals surface area contributed by atoms with Crippen molar-refractivity contribution in [3.63, 3.8) is 0 Å². The Morgan fingerprint density at radius 3 is 1.77 bits per heavy atom. The highest BCUT2D eigenvalue weighted by atomic mass is 16.3. The van der Waals surface area contributed by atoms with E-state index >= 15 is 0 Å². The molecule has 5 nitrogen and oxygen atoms in total. The SMILES string of the molecule is CCCCCCCCCCCCCC[C@@H](O)[C@@H](O)[C@@H](N)C(O)Cc1ccccc1O. The third kappa shape index (κ3) is 11.3. The van der Waals surface area contributed by atoms with Crippen molar-refractivity contribution in [2.75, 3.05) is 0 Å². The predicted octanol–water partition coefficient (Wildman–Crippen LogP) is 4.44. The first-order chi connectivity index (χ1) is 14.5. The number of aliphatic hydroxyl groups is 3. The number of benzene rings is 1. The average Bonchev–Trinajstić information content (AvgIpc) is 2.74. The number of phenols is 1. The van der Waals surface area contributed by atoms with Crippen molar-refractivity contribution in [2.45, 2.75) is 121 Å². The minimum absolute atomic E-state index is 0.0929. The van der Waals surface area contributed by atoms with Crippen molar-refractivity contribution >= 4 is 0 Å². The zero-order chi connectivity index (χ0) is 22.2. The number of hydrogen-bond donors (Lipinski definition) is 5. The number of hydrogen-bond acceptors (Lipinski definition) is 5. The molecule has 1 aromatic rings. The first-order valence-electron chi connectivity index (χ1n) is 12.0. The Morgan fingerprint density at radius 2 is 1.23 bits per heavy atom. The van der Waals surface area contributed by atoms with E-state index in [2.05, 4.69) is 6.92 Å². The fourth-order valence-electron chi connectivity index (χ4n) is 3.89. The molecule has 174 valence electrons. The second kappa shape index (κ2) is 16.5. The van der Waals surface area contributed by atoms with Gasteiger partial charge in [0.05, 0.1) is 24.4 Å². The van der Waals surface area contributed by atoms with E-state index in [4.69, 9.17) is 5.73 Å². The lowest BCUT2D eigenvalue weighted by molar-refractivity contribution is -0.0312. The van der Waals surface area contributed by atoms with Crippen LogP contribution in [0.15, 0.2) is 24.3 Å². The van der Waals surface area contributed by atoms with Gasteiger partial charge >= 0.3 is 0 Å². The maximum absolute atomic E-state index is 10.3. The van der Waals surface area contributed by atoms with E-state index in [1.165, 1.54) is 57.8 Å². The Bertz CT molecular complexity index is 540. The Balaban J connectivity index is 2.10. The van der Waals surface area contributed by atoms with E-state index in [9.17, 15) is 20.4 Å². The van der Waals surface area contributed by atoms with Crippen LogP contribution in [0.3, 0.4) is 0 Å². The summed E-state index contributed by atoms with van der Waals surface area (Å²) >= 11 is 0. The zero-order valence-electron chi connectivity index (χ0n) is 18.9. The summed E-state index contributed by atoms with van der Waals surface area (Å²) in [5, 5.41) is 40.6. The van der Waals surface area contributed by atoms with Gasteiger partial charge in [0.1, 0.15) is 5.75 Å². The molecule has 0 heterocycles. The van der Waals surface area contributed by atoms with Gasteiger partial charge in [-0.3, -0.25) is 0 Å². The largest absolute Gasteiger partial charge is 0.508 e. The molecule has 0 aromatic heterocycles. The highest BCUT2D eigenvalue weighted by molar-refractivity contribution is 5.32. The molecule has 30 heavy (non-hydrogen) atoms. The van der Waals surface area contributed by atoms with E-state index < -0.39 is 24.4 Å². The first-order valence-corrected chi connectivity index (χ1v) is 12.0. The molecule has 0 aliphatic rings. The number of aromatic hydroxyl groups is 1. The Hall–Kier alpha value is -1.14. The molecular weight excluding hydrogens is 378 g/mol. The van der Waals surface area contributed by atoms with E-state index in [-0.39, 0.29) is 12.2 Å². The third-order valence-electron chi connectivity index (χ3n) is 6.01. The number of phenolic OH excluding ortho intramolecular Hbond substituents is 1. The van der Waals surface area contributed by atoms with Crippen LogP contribution in [-0.2, 0) is 6.42 Å². The molecule has 0 saturated carbocycles. The number of nitrogens with two attached hydrogens (primary N) is 1. The Labute approximate surface area is 183 Å². The van der Waals surface area contributed by atoms with Crippen LogP contribution in [-0.4, -0.2) is 44.8 Å². The van der Waals surface area contributed by atoms with E-state index in [1.54, 1.807) is 24.3 Å². The molecule has 0 radical (unpaired) electrons. The minimum atomic E-state index is -1.18. The summed E-state index contributed by atoms with van der Waals surface area (Å²) in [6, 6.07) is 5.77. The van der Waals surface area contributed by atoms with Crippen molar-refractivity contribution in [3.05, 3.63) is 29.8 Å². The van der Waals surface area contributed by atoms with Crippen LogP contribution < -0.4 is 5.73 Å². The predicted molar refractivity (Wildman–Crippen MR) is 124 cm³/mol. The van der Waals surface area contributed by atoms with E-state index in [1.807, 2.05) is 0 Å². The van der Waals surface area contributed by atoms with Gasteiger partial charge in [0.15, 0.2) is 0 Å². The molecule has 5 heteroatoms. The summed E-state index contributed by atoms with van der Waals surface area (Å²) in [5.74, 6) is 0.0929. The molecule has 1 rings (SSSR count). The van der Waals surface area contributed by atoms with E-state index in [0.717, 1.165) is 19.3 Å². The molecule has 0 aliphatic heterocycles. The van der Waals surface area contributed by atoms with Gasteiger partial charge in [-0.25, -0.2) is 0 Å². The molecule has 0 aliphatic carbocycles. The number of para-hydroxylation sites is 1. The van der Waals surface area contributed by atoms with Crippen molar-refractivity contribution < 1.29 is 20.4 Å². The van der Waals surface area contributed by atoms with Crippen LogP contribution in [0.4, 0.5) is 0 Å². The molecule has 0 spiro atoms. The lowest BCUT2D eigenvalue weighted by Gasteiger charge is -2.27. The molecule has 0 saturated heterocycles. The summed E-state index contributed by atoms with van der Waals surface area (Å²) < 4.78 is 0. The Kier molecular flexibility index (Phi) is 14.8. The topological polar surface area (TPSA) is 107 Å². The van der Waals surface area contributed by atoms with Gasteiger partial charge in [0.2, 0.25) is 0 Å². The molecule has 0 bridgehead atoms. The molecule has 4 atom stereocenters. The maximum Gasteiger partial charge on any atom is 0.118 e. The Morgan fingerprint density at radius 1 is 0.733 bits per heavy atom. The van der Waals surface area contributed by atoms with Crippen molar-refractivity contribution in [1.82, 2.24) is 0 Å². The molecule has 0 amide bonds. The van der Waals surface area contributed by atoms with Crippen molar-refractivity contribution in [1.29, 1.82) is 0 Å². The van der Waals surface area contributed by atoms with Crippen LogP contribution in [0.25, 0.3) is 0 Å². The van der Waals surface area contributed by atoms with Crippen molar-refractivity contribution in [3.8, 4) is 5.75 Å². The standard InChI is InChI=1S/C25H45NO4/c1-2-3-4-5-6-7-8-9-10-11-12-13-18-22(28)25(30)24(26)23(29)19-20-16-14-15-17-21(20)27/h14-17,22-25,27-30H,2-13,18-19,26H2,1H3/t22-,23?,24+,25-/m1/s1. The van der Waals surface area contributed by atoms with E-state index in [0.29, 0.717) is 12.0 Å². The summed E-state index contributed by atoms with van der Waals surface area (Å²) in [4.78, 5) is 0. The molecule has 1 unspecified atom stereocenters.